The highest BCUT2D eigenvalue weighted by Crippen LogP contribution is 2.39. The number of morpholine rings is 1. The fraction of sp³-hybridized carbons (Fsp3) is 0.333. The van der Waals surface area contributed by atoms with Crippen molar-refractivity contribution in [2.45, 2.75) is 0 Å². The van der Waals surface area contributed by atoms with Crippen molar-refractivity contribution in [3.63, 3.8) is 0 Å². The molecule has 0 spiro atoms. The molecule has 0 unspecified atom stereocenters. The summed E-state index contributed by atoms with van der Waals surface area (Å²) < 4.78 is 20.1. The molecule has 2 aromatic rings. The van der Waals surface area contributed by atoms with E-state index in [0.717, 1.165) is 17.1 Å². The molecule has 0 bridgehead atoms. The van der Waals surface area contributed by atoms with Gasteiger partial charge in [0, 0.05) is 24.7 Å². The van der Waals surface area contributed by atoms with Gasteiger partial charge in [0.1, 0.15) is 0 Å². The fourth-order valence-electron chi connectivity index (χ4n) is 2.71. The summed E-state index contributed by atoms with van der Waals surface area (Å²) in [6, 6.07) is 5.41. The van der Waals surface area contributed by atoms with Crippen LogP contribution in [0.25, 0.3) is 5.57 Å². The summed E-state index contributed by atoms with van der Waals surface area (Å²) in [6.07, 6.45) is 1.56. The van der Waals surface area contributed by atoms with Gasteiger partial charge in [-0.2, -0.15) is 4.37 Å². The summed E-state index contributed by atoms with van der Waals surface area (Å²) in [6.45, 7) is 2.15. The SMILES string of the molecule is COc1ccc(/C(=C/C(=O)N2CCOCC2)c2snc(Cl)c2Cl)cc1OC. The van der Waals surface area contributed by atoms with Gasteiger partial charge in [0.25, 0.3) is 0 Å². The number of halogens is 2. The molecule has 0 atom stereocenters. The second kappa shape index (κ2) is 8.93. The van der Waals surface area contributed by atoms with Crippen LogP contribution in [0.2, 0.25) is 10.2 Å². The molecule has 1 aromatic heterocycles. The van der Waals surface area contributed by atoms with Crippen LogP contribution in [-0.4, -0.2) is 55.7 Å². The summed E-state index contributed by atoms with van der Waals surface area (Å²) in [7, 11) is 3.12. The van der Waals surface area contributed by atoms with Crippen LogP contribution in [-0.2, 0) is 9.53 Å². The summed E-state index contributed by atoms with van der Waals surface area (Å²) in [5, 5.41) is 0.527. The van der Waals surface area contributed by atoms with Crippen molar-refractivity contribution in [2.75, 3.05) is 40.5 Å². The highest BCUT2D eigenvalue weighted by atomic mass is 35.5. The van der Waals surface area contributed by atoms with Gasteiger partial charge in [-0.25, -0.2) is 0 Å². The van der Waals surface area contributed by atoms with Crippen molar-refractivity contribution in [2.24, 2.45) is 0 Å². The van der Waals surface area contributed by atoms with Crippen molar-refractivity contribution < 1.29 is 19.0 Å². The van der Waals surface area contributed by atoms with Crippen molar-refractivity contribution in [1.29, 1.82) is 0 Å². The van der Waals surface area contributed by atoms with Crippen molar-refractivity contribution >= 4 is 46.2 Å². The molecule has 0 radical (unpaired) electrons. The minimum Gasteiger partial charge on any atom is -0.493 e. The van der Waals surface area contributed by atoms with Crippen LogP contribution >= 0.6 is 34.7 Å². The standard InChI is InChI=1S/C18H18Cl2N2O4S/c1-24-13-4-3-11(9-14(13)25-2)12(17-16(19)18(20)21-27-17)10-15(23)22-5-7-26-8-6-22/h3-4,9-10H,5-8H2,1-2H3/b12-10-. The van der Waals surface area contributed by atoms with Gasteiger partial charge in [-0.15, -0.1) is 0 Å². The number of hydrogen-bond donors (Lipinski definition) is 0. The van der Waals surface area contributed by atoms with Gasteiger partial charge in [0.05, 0.1) is 37.3 Å². The Hall–Kier alpha value is -1.80. The largest absolute Gasteiger partial charge is 0.493 e. The second-order valence-electron chi connectivity index (χ2n) is 5.68. The van der Waals surface area contributed by atoms with E-state index in [9.17, 15) is 4.79 Å². The Kier molecular flexibility index (Phi) is 6.59. The Labute approximate surface area is 171 Å². The van der Waals surface area contributed by atoms with Gasteiger partial charge >= 0.3 is 0 Å². The average Bonchev–Trinajstić information content (AvgIpc) is 3.04. The van der Waals surface area contributed by atoms with E-state index >= 15 is 0 Å². The van der Waals surface area contributed by atoms with E-state index < -0.39 is 0 Å². The molecule has 1 saturated heterocycles. The molecule has 27 heavy (non-hydrogen) atoms. The Bertz CT molecular complexity index is 863. The summed E-state index contributed by atoms with van der Waals surface area (Å²) >= 11 is 13.5. The fourth-order valence-corrected chi connectivity index (χ4v) is 3.98. The number of methoxy groups -OCH3 is 2. The van der Waals surface area contributed by atoms with Crippen LogP contribution in [0.5, 0.6) is 11.5 Å². The second-order valence-corrected chi connectivity index (χ2v) is 7.19. The van der Waals surface area contributed by atoms with Crippen LogP contribution in [0, 0.1) is 0 Å². The molecular formula is C18H18Cl2N2O4S. The first kappa shape index (κ1) is 19.9. The first-order chi connectivity index (χ1) is 13.0. The summed E-state index contributed by atoms with van der Waals surface area (Å²) in [4.78, 5) is 15.2. The number of carbonyl (C=O) groups excluding carboxylic acids is 1. The molecule has 2 heterocycles. The van der Waals surface area contributed by atoms with E-state index in [1.165, 1.54) is 0 Å². The van der Waals surface area contributed by atoms with Gasteiger partial charge in [-0.3, -0.25) is 4.79 Å². The number of aromatic nitrogens is 1. The highest BCUT2D eigenvalue weighted by molar-refractivity contribution is 7.08. The zero-order valence-corrected chi connectivity index (χ0v) is 17.2. The molecule has 1 fully saturated rings. The third kappa shape index (κ3) is 4.38. The smallest absolute Gasteiger partial charge is 0.247 e. The lowest BCUT2D eigenvalue weighted by Gasteiger charge is -2.26. The van der Waals surface area contributed by atoms with Gasteiger partial charge in [-0.1, -0.05) is 29.3 Å². The number of carbonyl (C=O) groups is 1. The zero-order chi connectivity index (χ0) is 19.4. The van der Waals surface area contributed by atoms with Crippen molar-refractivity contribution in [3.05, 3.63) is 44.9 Å². The van der Waals surface area contributed by atoms with Crippen LogP contribution in [0.1, 0.15) is 10.4 Å². The number of amides is 1. The Morgan fingerprint density at radius 3 is 2.52 bits per heavy atom. The van der Waals surface area contributed by atoms with Crippen LogP contribution in [0.4, 0.5) is 0 Å². The normalized spacial score (nSPS) is 15.0. The lowest BCUT2D eigenvalue weighted by Crippen LogP contribution is -2.39. The average molecular weight is 429 g/mol. The van der Waals surface area contributed by atoms with E-state index in [-0.39, 0.29) is 11.1 Å². The van der Waals surface area contributed by atoms with E-state index in [1.807, 2.05) is 6.07 Å². The lowest BCUT2D eigenvalue weighted by molar-refractivity contribution is -0.129. The first-order valence-corrected chi connectivity index (χ1v) is 9.70. The Morgan fingerprint density at radius 2 is 1.93 bits per heavy atom. The molecule has 6 nitrogen and oxygen atoms in total. The Balaban J connectivity index is 2.06. The van der Waals surface area contributed by atoms with Crippen molar-refractivity contribution in [1.82, 2.24) is 9.27 Å². The Morgan fingerprint density at radius 1 is 1.22 bits per heavy atom. The minimum absolute atomic E-state index is 0.122. The number of nitrogens with zero attached hydrogens (tertiary/aromatic N) is 2. The number of ether oxygens (including phenoxy) is 3. The summed E-state index contributed by atoms with van der Waals surface area (Å²) in [5.74, 6) is 1.02. The van der Waals surface area contributed by atoms with Gasteiger partial charge in [0.2, 0.25) is 5.91 Å². The molecule has 144 valence electrons. The maximum absolute atomic E-state index is 12.8. The molecule has 0 aliphatic carbocycles. The molecule has 9 heteroatoms. The molecule has 1 amide bonds. The molecule has 1 aliphatic heterocycles. The van der Waals surface area contributed by atoms with Gasteiger partial charge in [0.15, 0.2) is 16.7 Å². The minimum atomic E-state index is -0.122. The molecule has 1 aromatic carbocycles. The highest BCUT2D eigenvalue weighted by Gasteiger charge is 2.21. The zero-order valence-electron chi connectivity index (χ0n) is 14.8. The molecule has 3 rings (SSSR count). The van der Waals surface area contributed by atoms with E-state index in [4.69, 9.17) is 37.4 Å². The molecule has 1 aliphatic rings. The first-order valence-electron chi connectivity index (χ1n) is 8.17. The lowest BCUT2D eigenvalue weighted by atomic mass is 10.0. The third-order valence-electron chi connectivity index (χ3n) is 4.13. The summed E-state index contributed by atoms with van der Waals surface area (Å²) in [5.41, 5.74) is 1.37. The van der Waals surface area contributed by atoms with E-state index in [0.29, 0.717) is 53.3 Å². The number of hydrogen-bond acceptors (Lipinski definition) is 6. The predicted molar refractivity (Wildman–Crippen MR) is 106 cm³/mol. The topological polar surface area (TPSA) is 60.9 Å². The van der Waals surface area contributed by atoms with Crippen molar-refractivity contribution in [3.8, 4) is 11.5 Å². The van der Waals surface area contributed by atoms with Gasteiger partial charge in [-0.05, 0) is 29.2 Å². The molecule has 0 N–H and O–H groups in total. The number of benzene rings is 1. The van der Waals surface area contributed by atoms with Crippen LogP contribution in [0.3, 0.4) is 0 Å². The quantitative estimate of drug-likeness (QED) is 0.678. The van der Waals surface area contributed by atoms with Crippen LogP contribution < -0.4 is 9.47 Å². The predicted octanol–water partition coefficient (Wildman–Crippen LogP) is 3.76. The van der Waals surface area contributed by atoms with Gasteiger partial charge < -0.3 is 19.1 Å². The molecule has 0 saturated carbocycles. The number of rotatable bonds is 5. The molecular weight excluding hydrogens is 411 g/mol. The maximum Gasteiger partial charge on any atom is 0.247 e. The van der Waals surface area contributed by atoms with E-state index in [1.54, 1.807) is 37.3 Å². The third-order valence-corrected chi connectivity index (χ3v) is 5.96. The van der Waals surface area contributed by atoms with Crippen LogP contribution in [0.15, 0.2) is 24.3 Å². The maximum atomic E-state index is 12.8. The monoisotopic (exact) mass is 428 g/mol. The van der Waals surface area contributed by atoms with E-state index in [2.05, 4.69) is 4.37 Å².